The standard InChI is InChI=1S/C15H21FN2/c1-2-17-9-11-4-6-15(14(16)8-11)18-10-12-3-5-13(18)7-12/h4,6,8,12-13,17H,2-3,5,7,9-10H2,1H3. The van der Waals surface area contributed by atoms with Crippen molar-refractivity contribution in [1.29, 1.82) is 0 Å². The number of nitrogens with one attached hydrogen (secondary N) is 1. The second kappa shape index (κ2) is 4.88. The fraction of sp³-hybridized carbons (Fsp3) is 0.600. The van der Waals surface area contributed by atoms with Gasteiger partial charge in [-0.15, -0.1) is 0 Å². The molecule has 0 aromatic heterocycles. The van der Waals surface area contributed by atoms with Gasteiger partial charge in [0.05, 0.1) is 5.69 Å². The SMILES string of the molecule is CCNCc1ccc(N2CC3CCC2C3)c(F)c1. The first-order valence-electron chi connectivity index (χ1n) is 7.03. The Labute approximate surface area is 108 Å². The van der Waals surface area contributed by atoms with Crippen molar-refractivity contribution in [3.05, 3.63) is 29.6 Å². The smallest absolute Gasteiger partial charge is 0.146 e. The van der Waals surface area contributed by atoms with E-state index in [0.717, 1.165) is 36.8 Å². The van der Waals surface area contributed by atoms with Crippen LogP contribution in [0.5, 0.6) is 0 Å². The number of hydrogen-bond donors (Lipinski definition) is 1. The summed E-state index contributed by atoms with van der Waals surface area (Å²) in [4.78, 5) is 2.28. The molecule has 0 radical (unpaired) electrons. The Hall–Kier alpha value is -1.09. The van der Waals surface area contributed by atoms with E-state index in [2.05, 4.69) is 17.1 Å². The van der Waals surface area contributed by atoms with Crippen molar-refractivity contribution in [3.8, 4) is 0 Å². The van der Waals surface area contributed by atoms with Crippen LogP contribution >= 0.6 is 0 Å². The molecule has 1 aliphatic heterocycles. The van der Waals surface area contributed by atoms with Gasteiger partial charge in [-0.05, 0) is 49.4 Å². The van der Waals surface area contributed by atoms with E-state index < -0.39 is 0 Å². The van der Waals surface area contributed by atoms with E-state index in [-0.39, 0.29) is 5.82 Å². The van der Waals surface area contributed by atoms with Crippen molar-refractivity contribution in [2.24, 2.45) is 5.92 Å². The highest BCUT2D eigenvalue weighted by Gasteiger charge is 2.38. The molecule has 0 amide bonds. The van der Waals surface area contributed by atoms with Crippen molar-refractivity contribution in [1.82, 2.24) is 5.32 Å². The molecule has 2 aliphatic rings. The summed E-state index contributed by atoms with van der Waals surface area (Å²) in [7, 11) is 0. The highest BCUT2D eigenvalue weighted by molar-refractivity contribution is 5.51. The summed E-state index contributed by atoms with van der Waals surface area (Å²) in [5.41, 5.74) is 1.84. The van der Waals surface area contributed by atoms with Crippen molar-refractivity contribution in [2.45, 2.75) is 38.8 Å². The molecule has 2 fully saturated rings. The first kappa shape index (κ1) is 12.0. The number of fused-ring (bicyclic) bond motifs is 2. The molecule has 2 unspecified atom stereocenters. The van der Waals surface area contributed by atoms with Gasteiger partial charge in [-0.3, -0.25) is 0 Å². The maximum absolute atomic E-state index is 14.2. The zero-order valence-electron chi connectivity index (χ0n) is 11.0. The van der Waals surface area contributed by atoms with Crippen LogP contribution in [-0.4, -0.2) is 19.1 Å². The third-order valence-electron chi connectivity index (χ3n) is 4.31. The molecule has 1 aromatic carbocycles. The van der Waals surface area contributed by atoms with Crippen LogP contribution in [0, 0.1) is 11.7 Å². The van der Waals surface area contributed by atoms with E-state index in [4.69, 9.17) is 0 Å². The van der Waals surface area contributed by atoms with E-state index in [1.807, 2.05) is 12.1 Å². The van der Waals surface area contributed by atoms with E-state index in [1.54, 1.807) is 6.07 Å². The first-order chi connectivity index (χ1) is 8.78. The molecule has 2 nitrogen and oxygen atoms in total. The molecule has 2 atom stereocenters. The molecule has 2 bridgehead atoms. The normalized spacial score (nSPS) is 26.0. The molecule has 1 heterocycles. The van der Waals surface area contributed by atoms with E-state index in [1.165, 1.54) is 19.3 Å². The van der Waals surface area contributed by atoms with Crippen LogP contribution in [0.4, 0.5) is 10.1 Å². The maximum Gasteiger partial charge on any atom is 0.146 e. The second-order valence-corrected chi connectivity index (χ2v) is 5.55. The van der Waals surface area contributed by atoms with Gasteiger partial charge in [0, 0.05) is 19.1 Å². The second-order valence-electron chi connectivity index (χ2n) is 5.55. The molecular weight excluding hydrogens is 227 g/mol. The Morgan fingerprint density at radius 2 is 2.28 bits per heavy atom. The minimum atomic E-state index is -0.0575. The van der Waals surface area contributed by atoms with Gasteiger partial charge >= 0.3 is 0 Å². The average Bonchev–Trinajstić information content (AvgIpc) is 2.98. The molecular formula is C15H21FN2. The zero-order chi connectivity index (χ0) is 12.5. The Morgan fingerprint density at radius 1 is 1.39 bits per heavy atom. The van der Waals surface area contributed by atoms with Gasteiger partial charge in [0.2, 0.25) is 0 Å². The lowest BCUT2D eigenvalue weighted by Gasteiger charge is -2.29. The van der Waals surface area contributed by atoms with E-state index >= 15 is 0 Å². The molecule has 3 rings (SSSR count). The van der Waals surface area contributed by atoms with Crippen molar-refractivity contribution < 1.29 is 4.39 Å². The van der Waals surface area contributed by atoms with Crippen LogP contribution in [0.25, 0.3) is 0 Å². The summed E-state index contributed by atoms with van der Waals surface area (Å²) < 4.78 is 14.2. The third kappa shape index (κ3) is 2.12. The van der Waals surface area contributed by atoms with Gasteiger partial charge in [0.15, 0.2) is 0 Å². The van der Waals surface area contributed by atoms with Crippen molar-refractivity contribution >= 4 is 5.69 Å². The van der Waals surface area contributed by atoms with Gasteiger partial charge in [-0.2, -0.15) is 0 Å². The number of hydrogen-bond acceptors (Lipinski definition) is 2. The molecule has 1 saturated carbocycles. The van der Waals surface area contributed by atoms with Crippen LogP contribution in [-0.2, 0) is 6.54 Å². The van der Waals surface area contributed by atoms with Crippen LogP contribution in [0.2, 0.25) is 0 Å². The average molecular weight is 248 g/mol. The van der Waals surface area contributed by atoms with Crippen LogP contribution in [0.1, 0.15) is 31.7 Å². The lowest BCUT2D eigenvalue weighted by atomic mass is 10.1. The Kier molecular flexibility index (Phi) is 3.25. The summed E-state index contributed by atoms with van der Waals surface area (Å²) in [6.07, 6.45) is 3.84. The molecule has 98 valence electrons. The number of rotatable bonds is 4. The molecule has 1 saturated heterocycles. The number of halogens is 1. The number of nitrogens with zero attached hydrogens (tertiary/aromatic N) is 1. The minimum absolute atomic E-state index is 0.0575. The Bertz CT molecular complexity index is 433. The lowest BCUT2D eigenvalue weighted by Crippen LogP contribution is -2.32. The summed E-state index contributed by atoms with van der Waals surface area (Å²) in [5, 5.41) is 3.23. The topological polar surface area (TPSA) is 15.3 Å². The molecule has 1 aromatic rings. The number of piperidine rings is 1. The molecule has 1 aliphatic carbocycles. The van der Waals surface area contributed by atoms with Gasteiger partial charge in [-0.1, -0.05) is 13.0 Å². The van der Waals surface area contributed by atoms with Gasteiger partial charge in [-0.25, -0.2) is 4.39 Å². The summed E-state index contributed by atoms with van der Waals surface area (Å²) in [6.45, 7) is 4.78. The van der Waals surface area contributed by atoms with Gasteiger partial charge in [0.1, 0.15) is 5.82 Å². The fourth-order valence-electron chi connectivity index (χ4n) is 3.38. The third-order valence-corrected chi connectivity index (χ3v) is 4.31. The van der Waals surface area contributed by atoms with Gasteiger partial charge in [0.25, 0.3) is 0 Å². The summed E-state index contributed by atoms with van der Waals surface area (Å²) >= 11 is 0. The quantitative estimate of drug-likeness (QED) is 0.881. The van der Waals surface area contributed by atoms with E-state index in [0.29, 0.717) is 6.04 Å². The van der Waals surface area contributed by atoms with Crippen LogP contribution < -0.4 is 10.2 Å². The largest absolute Gasteiger partial charge is 0.366 e. The summed E-state index contributed by atoms with van der Waals surface area (Å²) in [5.74, 6) is 0.744. The maximum atomic E-state index is 14.2. The predicted octanol–water partition coefficient (Wildman–Crippen LogP) is 2.92. The van der Waals surface area contributed by atoms with Gasteiger partial charge < -0.3 is 10.2 Å². The van der Waals surface area contributed by atoms with Crippen LogP contribution in [0.15, 0.2) is 18.2 Å². The molecule has 18 heavy (non-hydrogen) atoms. The molecule has 1 N–H and O–H groups in total. The Morgan fingerprint density at radius 3 is 2.89 bits per heavy atom. The number of benzene rings is 1. The monoisotopic (exact) mass is 248 g/mol. The van der Waals surface area contributed by atoms with Crippen LogP contribution in [0.3, 0.4) is 0 Å². The molecule has 0 spiro atoms. The molecule has 3 heteroatoms. The minimum Gasteiger partial charge on any atom is -0.366 e. The Balaban J connectivity index is 1.77. The van der Waals surface area contributed by atoms with Crippen molar-refractivity contribution in [2.75, 3.05) is 18.0 Å². The fourth-order valence-corrected chi connectivity index (χ4v) is 3.38. The highest BCUT2D eigenvalue weighted by Crippen LogP contribution is 2.40. The predicted molar refractivity (Wildman–Crippen MR) is 72.3 cm³/mol. The van der Waals surface area contributed by atoms with Crippen molar-refractivity contribution in [3.63, 3.8) is 0 Å². The zero-order valence-corrected chi connectivity index (χ0v) is 11.0. The lowest BCUT2D eigenvalue weighted by molar-refractivity contribution is 0.540. The number of anilines is 1. The van der Waals surface area contributed by atoms with E-state index in [9.17, 15) is 4.39 Å². The summed E-state index contributed by atoms with van der Waals surface area (Å²) in [6, 6.07) is 6.28. The first-order valence-corrected chi connectivity index (χ1v) is 7.03. The highest BCUT2D eigenvalue weighted by atomic mass is 19.1.